The summed E-state index contributed by atoms with van der Waals surface area (Å²) in [6.45, 7) is 2.27. The molecule has 3 atom stereocenters. The molecule has 3 rings (SSSR count). The number of pyridine rings is 1. The fourth-order valence-electron chi connectivity index (χ4n) is 4.57. The highest BCUT2D eigenvalue weighted by Gasteiger charge is 2.52. The van der Waals surface area contributed by atoms with Crippen LogP contribution in [0.4, 0.5) is 22.0 Å². The molecule has 0 aliphatic carbocycles. The fourth-order valence-corrected chi connectivity index (χ4v) is 4.57. The predicted octanol–water partition coefficient (Wildman–Crippen LogP) is 3.61. The van der Waals surface area contributed by atoms with Gasteiger partial charge in [-0.05, 0) is 36.1 Å². The van der Waals surface area contributed by atoms with Crippen LogP contribution in [0.25, 0.3) is 0 Å². The quantitative estimate of drug-likeness (QED) is 0.152. The molecule has 4 amide bonds. The average Bonchev–Trinajstić information content (AvgIpc) is 3.04. The normalized spacial score (nSPS) is 13.5. The minimum absolute atomic E-state index is 0.00961. The van der Waals surface area contributed by atoms with Crippen LogP contribution in [-0.2, 0) is 25.6 Å². The first-order chi connectivity index (χ1) is 22.5. The molecule has 10 nitrogen and oxygen atoms in total. The molecule has 15 heteroatoms. The van der Waals surface area contributed by atoms with Crippen molar-refractivity contribution in [3.05, 3.63) is 101 Å². The van der Waals surface area contributed by atoms with Crippen LogP contribution in [0.3, 0.4) is 0 Å². The lowest BCUT2D eigenvalue weighted by Gasteiger charge is -2.28. The highest BCUT2D eigenvalue weighted by Crippen LogP contribution is 2.23. The van der Waals surface area contributed by atoms with Crippen LogP contribution < -0.4 is 21.3 Å². The lowest BCUT2D eigenvalue weighted by molar-refractivity contribution is -0.165. The van der Waals surface area contributed by atoms with E-state index < -0.39 is 72.1 Å². The van der Waals surface area contributed by atoms with Crippen molar-refractivity contribution in [1.29, 1.82) is 0 Å². The number of hydrogen-bond acceptors (Lipinski definition) is 6. The number of nitrogens with one attached hydrogen (secondary N) is 4. The number of aromatic nitrogens is 1. The summed E-state index contributed by atoms with van der Waals surface area (Å²) in [5, 5.41) is 8.24. The van der Waals surface area contributed by atoms with E-state index in [1.165, 1.54) is 50.4 Å². The zero-order chi connectivity index (χ0) is 35.6. The van der Waals surface area contributed by atoms with E-state index in [-0.39, 0.29) is 17.7 Å². The van der Waals surface area contributed by atoms with Gasteiger partial charge in [0.15, 0.2) is 0 Å². The molecule has 3 aromatic rings. The monoisotopic (exact) mass is 675 g/mol. The molecule has 48 heavy (non-hydrogen) atoms. The maximum absolute atomic E-state index is 14.8. The standard InChI is InChI=1S/C33H34F5N5O5/c1-19(2)25(27(44)33(37,38)31(48)40-18-32(34,35)36)42-30(47)26(22-12-5-4-6-13-22)43-29(46)24(17-21-11-9-10-20(3)16-21)41-28(45)23-14-7-8-15-39-23/h4-16,19,24-26H,17-18H2,1-3H3,(H,40,48)(H,41,45)(H,42,47)(H,43,46)/t24-,25-,26-/m0/s1. The van der Waals surface area contributed by atoms with E-state index in [1.807, 2.05) is 13.0 Å². The number of carbonyl (C=O) groups excluding carboxylic acids is 5. The Hall–Kier alpha value is -5.21. The summed E-state index contributed by atoms with van der Waals surface area (Å²) >= 11 is 0. The van der Waals surface area contributed by atoms with Crippen molar-refractivity contribution in [1.82, 2.24) is 26.3 Å². The number of amides is 4. The maximum Gasteiger partial charge on any atom is 0.405 e. The Kier molecular flexibility index (Phi) is 12.5. The third kappa shape index (κ3) is 10.4. The highest BCUT2D eigenvalue weighted by atomic mass is 19.4. The van der Waals surface area contributed by atoms with Crippen molar-refractivity contribution in [2.75, 3.05) is 6.54 Å². The van der Waals surface area contributed by atoms with Crippen LogP contribution in [0.1, 0.15) is 47.1 Å². The Balaban J connectivity index is 1.90. The molecule has 0 aliphatic rings. The topological polar surface area (TPSA) is 146 Å². The van der Waals surface area contributed by atoms with Crippen LogP contribution in [0.2, 0.25) is 0 Å². The van der Waals surface area contributed by atoms with Crippen molar-refractivity contribution in [2.24, 2.45) is 5.92 Å². The number of halogens is 5. The predicted molar refractivity (Wildman–Crippen MR) is 163 cm³/mol. The van der Waals surface area contributed by atoms with Gasteiger partial charge in [0.1, 0.15) is 24.3 Å². The van der Waals surface area contributed by atoms with E-state index in [4.69, 9.17) is 0 Å². The number of carbonyl (C=O) groups is 5. The second kappa shape index (κ2) is 16.1. The number of Topliss-reactive ketones (excluding diaryl/α,β-unsaturated/α-hetero) is 1. The summed E-state index contributed by atoms with van der Waals surface area (Å²) in [5.74, 6) is -13.3. The van der Waals surface area contributed by atoms with Crippen LogP contribution >= 0.6 is 0 Å². The molecule has 0 saturated carbocycles. The first kappa shape index (κ1) is 37.2. The number of hydrogen-bond donors (Lipinski definition) is 4. The molecule has 0 unspecified atom stereocenters. The summed E-state index contributed by atoms with van der Waals surface area (Å²) in [5.41, 5.74) is 1.71. The lowest BCUT2D eigenvalue weighted by Crippen LogP contribution is -2.58. The largest absolute Gasteiger partial charge is 0.405 e. The molecular formula is C33H34F5N5O5. The Morgan fingerprint density at radius 3 is 2.04 bits per heavy atom. The van der Waals surface area contributed by atoms with E-state index >= 15 is 0 Å². The Morgan fingerprint density at radius 1 is 0.792 bits per heavy atom. The number of ketones is 1. The molecule has 0 saturated heterocycles. The van der Waals surface area contributed by atoms with E-state index in [1.54, 1.807) is 36.4 Å². The van der Waals surface area contributed by atoms with Gasteiger partial charge in [-0.15, -0.1) is 0 Å². The molecule has 0 fully saturated rings. The first-order valence-electron chi connectivity index (χ1n) is 14.7. The van der Waals surface area contributed by atoms with Gasteiger partial charge in [0.05, 0.1) is 6.04 Å². The number of rotatable bonds is 14. The van der Waals surface area contributed by atoms with Crippen molar-refractivity contribution in [3.8, 4) is 0 Å². The summed E-state index contributed by atoms with van der Waals surface area (Å²) in [6.07, 6.45) is -3.66. The highest BCUT2D eigenvalue weighted by molar-refractivity contribution is 6.10. The number of nitrogens with zero attached hydrogens (tertiary/aromatic N) is 1. The molecule has 0 bridgehead atoms. The van der Waals surface area contributed by atoms with Gasteiger partial charge in [-0.25, -0.2) is 0 Å². The van der Waals surface area contributed by atoms with Gasteiger partial charge >= 0.3 is 12.1 Å². The molecule has 0 spiro atoms. The van der Waals surface area contributed by atoms with Gasteiger partial charge in [-0.1, -0.05) is 80.1 Å². The molecule has 0 radical (unpaired) electrons. The van der Waals surface area contributed by atoms with Crippen molar-refractivity contribution in [3.63, 3.8) is 0 Å². The Morgan fingerprint density at radius 2 is 1.46 bits per heavy atom. The SMILES string of the molecule is Cc1cccc(C[C@H](NC(=O)c2ccccn2)C(=O)N[C@H](C(=O)N[C@H](C(=O)C(F)(F)C(=O)NCC(F)(F)F)C(C)C)c2ccccc2)c1. The van der Waals surface area contributed by atoms with Gasteiger partial charge in [0.25, 0.3) is 11.8 Å². The molecular weight excluding hydrogens is 641 g/mol. The number of alkyl halides is 5. The van der Waals surface area contributed by atoms with Crippen molar-refractivity contribution < 1.29 is 45.9 Å². The molecule has 1 heterocycles. The van der Waals surface area contributed by atoms with Gasteiger partial charge in [-0.3, -0.25) is 29.0 Å². The summed E-state index contributed by atoms with van der Waals surface area (Å²) in [4.78, 5) is 69.2. The minimum atomic E-state index is -5.02. The van der Waals surface area contributed by atoms with Gasteiger partial charge in [0.2, 0.25) is 17.6 Å². The molecule has 256 valence electrons. The maximum atomic E-state index is 14.8. The third-order valence-corrected chi connectivity index (χ3v) is 7.01. The summed E-state index contributed by atoms with van der Waals surface area (Å²) in [7, 11) is 0. The van der Waals surface area contributed by atoms with Crippen LogP contribution in [-0.4, -0.2) is 65.1 Å². The molecule has 1 aromatic heterocycles. The zero-order valence-corrected chi connectivity index (χ0v) is 26.1. The van der Waals surface area contributed by atoms with Gasteiger partial charge in [-0.2, -0.15) is 22.0 Å². The second-order valence-electron chi connectivity index (χ2n) is 11.3. The van der Waals surface area contributed by atoms with Crippen LogP contribution in [0.5, 0.6) is 0 Å². The van der Waals surface area contributed by atoms with Crippen molar-refractivity contribution >= 4 is 29.4 Å². The van der Waals surface area contributed by atoms with Gasteiger partial charge in [0, 0.05) is 12.6 Å². The summed E-state index contributed by atoms with van der Waals surface area (Å²) < 4.78 is 67.1. The van der Waals surface area contributed by atoms with E-state index in [9.17, 15) is 45.9 Å². The fraction of sp³-hybridized carbons (Fsp3) is 0.333. The molecule has 0 aliphatic heterocycles. The second-order valence-corrected chi connectivity index (χ2v) is 11.3. The van der Waals surface area contributed by atoms with Crippen LogP contribution in [0, 0.1) is 12.8 Å². The smallest absolute Gasteiger partial charge is 0.344 e. The van der Waals surface area contributed by atoms with Crippen LogP contribution in [0.15, 0.2) is 79.0 Å². The van der Waals surface area contributed by atoms with E-state index in [2.05, 4.69) is 20.9 Å². The minimum Gasteiger partial charge on any atom is -0.344 e. The molecule has 2 aromatic carbocycles. The zero-order valence-electron chi connectivity index (χ0n) is 26.1. The lowest BCUT2D eigenvalue weighted by atomic mass is 9.94. The van der Waals surface area contributed by atoms with E-state index in [0.717, 1.165) is 10.9 Å². The molecule has 4 N–H and O–H groups in total. The van der Waals surface area contributed by atoms with Crippen molar-refractivity contribution in [2.45, 2.75) is 57.4 Å². The first-order valence-corrected chi connectivity index (χ1v) is 14.7. The average molecular weight is 676 g/mol. The number of aryl methyl sites for hydroxylation is 1. The summed E-state index contributed by atoms with van der Waals surface area (Å²) in [6, 6.07) is 14.3. The van der Waals surface area contributed by atoms with Gasteiger partial charge < -0.3 is 21.3 Å². The Labute approximate surface area is 272 Å². The number of benzene rings is 2. The van der Waals surface area contributed by atoms with E-state index in [0.29, 0.717) is 5.56 Å². The Bertz CT molecular complexity index is 1600. The third-order valence-electron chi connectivity index (χ3n) is 7.01.